The summed E-state index contributed by atoms with van der Waals surface area (Å²) in [5, 5.41) is 17.6. The maximum absolute atomic E-state index is 13.3. The van der Waals surface area contributed by atoms with Crippen LogP contribution >= 0.6 is 0 Å². The Balaban J connectivity index is 1.66. The van der Waals surface area contributed by atoms with Crippen molar-refractivity contribution in [1.82, 2.24) is 20.1 Å². The normalized spacial score (nSPS) is 15.7. The number of carbonyl (C=O) groups is 1. The third kappa shape index (κ3) is 2.79. The Hall–Kier alpha value is -3.87. The molecule has 0 saturated carbocycles. The predicted octanol–water partition coefficient (Wildman–Crippen LogP) is 3.82. The first-order valence-corrected chi connectivity index (χ1v) is 9.26. The summed E-state index contributed by atoms with van der Waals surface area (Å²) in [7, 11) is 0. The molecule has 5 rings (SSSR count). The molecule has 0 aliphatic carbocycles. The number of rotatable bonds is 4. The summed E-state index contributed by atoms with van der Waals surface area (Å²) in [4.78, 5) is 19.1. The van der Waals surface area contributed by atoms with Crippen LogP contribution in [-0.4, -0.2) is 31.1 Å². The summed E-state index contributed by atoms with van der Waals surface area (Å²) in [5.41, 5.74) is 3.13. The second-order valence-corrected chi connectivity index (χ2v) is 7.02. The molecule has 1 aliphatic heterocycles. The van der Waals surface area contributed by atoms with Gasteiger partial charge in [-0.15, -0.1) is 0 Å². The van der Waals surface area contributed by atoms with Crippen molar-refractivity contribution in [2.75, 3.05) is 0 Å². The highest BCUT2D eigenvalue weighted by atomic mass is 16.3. The molecule has 0 fully saturated rings. The van der Waals surface area contributed by atoms with Gasteiger partial charge in [-0.1, -0.05) is 18.2 Å². The van der Waals surface area contributed by atoms with Crippen LogP contribution in [0.15, 0.2) is 65.3 Å². The molecule has 0 spiro atoms. The Labute approximate surface area is 166 Å². The third-order valence-electron chi connectivity index (χ3n) is 5.13. The van der Waals surface area contributed by atoms with Crippen molar-refractivity contribution in [3.63, 3.8) is 0 Å². The number of aryl methyl sites for hydroxylation is 1. The van der Waals surface area contributed by atoms with Crippen molar-refractivity contribution in [2.45, 2.75) is 19.5 Å². The van der Waals surface area contributed by atoms with Crippen LogP contribution in [0, 0.1) is 6.92 Å². The number of furan rings is 1. The summed E-state index contributed by atoms with van der Waals surface area (Å²) in [5.74, 6) is 1.35. The smallest absolute Gasteiger partial charge is 0.273 e. The molecule has 29 heavy (non-hydrogen) atoms. The second-order valence-electron chi connectivity index (χ2n) is 7.02. The van der Waals surface area contributed by atoms with Gasteiger partial charge in [-0.25, -0.2) is 0 Å². The highest BCUT2D eigenvalue weighted by Crippen LogP contribution is 2.45. The lowest BCUT2D eigenvalue weighted by molar-refractivity contribution is 0.0714. The number of hydrogen-bond acceptors (Lipinski definition) is 5. The molecule has 0 unspecified atom stereocenters. The first kappa shape index (κ1) is 17.2. The number of aromatic nitrogens is 3. The first-order chi connectivity index (χ1) is 14.1. The largest absolute Gasteiger partial charge is 0.507 e. The lowest BCUT2D eigenvalue weighted by atomic mass is 9.99. The lowest BCUT2D eigenvalue weighted by Gasteiger charge is -2.24. The highest BCUT2D eigenvalue weighted by molar-refractivity contribution is 6.00. The third-order valence-corrected chi connectivity index (χ3v) is 5.13. The van der Waals surface area contributed by atoms with E-state index in [2.05, 4.69) is 15.2 Å². The number of para-hydroxylation sites is 1. The van der Waals surface area contributed by atoms with E-state index in [1.54, 1.807) is 35.5 Å². The van der Waals surface area contributed by atoms with Crippen LogP contribution in [-0.2, 0) is 6.54 Å². The lowest BCUT2D eigenvalue weighted by Crippen LogP contribution is -2.29. The van der Waals surface area contributed by atoms with Gasteiger partial charge in [0.1, 0.15) is 34.7 Å². The average molecular weight is 386 g/mol. The number of amides is 1. The first-order valence-electron chi connectivity index (χ1n) is 9.26. The van der Waals surface area contributed by atoms with E-state index < -0.39 is 6.04 Å². The van der Waals surface area contributed by atoms with Crippen molar-refractivity contribution >= 4 is 5.91 Å². The topological polar surface area (TPSA) is 95.2 Å². The van der Waals surface area contributed by atoms with Gasteiger partial charge in [-0.3, -0.25) is 14.9 Å². The van der Waals surface area contributed by atoms with Crippen molar-refractivity contribution in [2.24, 2.45) is 0 Å². The second kappa shape index (κ2) is 6.63. The zero-order valence-corrected chi connectivity index (χ0v) is 15.7. The van der Waals surface area contributed by atoms with Crippen LogP contribution < -0.4 is 0 Å². The minimum atomic E-state index is -0.459. The SMILES string of the molecule is Cc1ccc([C@@H]2c3c(-c4ccccc4O)n[nH]c3C(=O)N2Cc2cccnc2)o1. The molecule has 1 amide bonds. The summed E-state index contributed by atoms with van der Waals surface area (Å²) in [6.45, 7) is 2.24. The highest BCUT2D eigenvalue weighted by Gasteiger charge is 2.44. The molecule has 3 aromatic heterocycles. The quantitative estimate of drug-likeness (QED) is 0.556. The summed E-state index contributed by atoms with van der Waals surface area (Å²) in [6.07, 6.45) is 3.44. The number of H-pyrrole nitrogens is 1. The molecular formula is C22H18N4O3. The number of pyridine rings is 1. The molecule has 144 valence electrons. The van der Waals surface area contributed by atoms with Crippen LogP contribution in [0.3, 0.4) is 0 Å². The standard InChI is InChI=1S/C22H18N4O3/c1-13-8-9-17(29-13)21-18-19(15-6-2-3-7-16(15)27)24-25-20(18)22(28)26(21)12-14-5-4-10-23-11-14/h2-11,21,27H,12H2,1H3,(H,24,25)/t21-/m1/s1. The van der Waals surface area contributed by atoms with Crippen LogP contribution in [0.1, 0.15) is 39.2 Å². The maximum atomic E-state index is 13.3. The number of nitrogens with zero attached hydrogens (tertiary/aromatic N) is 3. The number of phenolic OH excluding ortho intramolecular Hbond substituents is 1. The minimum Gasteiger partial charge on any atom is -0.507 e. The van der Waals surface area contributed by atoms with E-state index in [1.807, 2.05) is 37.3 Å². The monoisotopic (exact) mass is 386 g/mol. The molecule has 1 aliphatic rings. The number of aromatic amines is 1. The molecule has 1 atom stereocenters. The molecule has 0 bridgehead atoms. The minimum absolute atomic E-state index is 0.106. The fourth-order valence-electron chi connectivity index (χ4n) is 3.82. The number of carbonyl (C=O) groups excluding carboxylic acids is 1. The van der Waals surface area contributed by atoms with Crippen LogP contribution in [0.5, 0.6) is 5.75 Å². The van der Waals surface area contributed by atoms with Gasteiger partial charge in [0.15, 0.2) is 0 Å². The van der Waals surface area contributed by atoms with Gasteiger partial charge >= 0.3 is 0 Å². The molecular weight excluding hydrogens is 368 g/mol. The number of nitrogens with one attached hydrogen (secondary N) is 1. The fraction of sp³-hybridized carbons (Fsp3) is 0.136. The zero-order valence-electron chi connectivity index (χ0n) is 15.7. The Morgan fingerprint density at radius 1 is 1.17 bits per heavy atom. The fourth-order valence-corrected chi connectivity index (χ4v) is 3.82. The Bertz CT molecular complexity index is 1200. The van der Waals surface area contributed by atoms with Gasteiger partial charge < -0.3 is 14.4 Å². The Morgan fingerprint density at radius 3 is 2.76 bits per heavy atom. The molecule has 4 heterocycles. The van der Waals surface area contributed by atoms with Gasteiger partial charge in [0, 0.05) is 30.1 Å². The van der Waals surface area contributed by atoms with Gasteiger partial charge in [0.25, 0.3) is 5.91 Å². The number of hydrogen-bond donors (Lipinski definition) is 2. The number of benzene rings is 1. The van der Waals surface area contributed by atoms with E-state index in [0.29, 0.717) is 34.8 Å². The molecule has 0 saturated heterocycles. The summed E-state index contributed by atoms with van der Waals surface area (Å²) in [6, 6.07) is 14.0. The van der Waals surface area contributed by atoms with Crippen molar-refractivity contribution in [1.29, 1.82) is 0 Å². The van der Waals surface area contributed by atoms with Gasteiger partial charge in [0.2, 0.25) is 0 Å². The van der Waals surface area contributed by atoms with E-state index in [-0.39, 0.29) is 11.7 Å². The maximum Gasteiger partial charge on any atom is 0.273 e. The number of aromatic hydroxyl groups is 1. The van der Waals surface area contributed by atoms with E-state index >= 15 is 0 Å². The van der Waals surface area contributed by atoms with Gasteiger partial charge in [0.05, 0.1) is 0 Å². The molecule has 7 heteroatoms. The summed E-state index contributed by atoms with van der Waals surface area (Å²) >= 11 is 0. The van der Waals surface area contributed by atoms with E-state index in [9.17, 15) is 9.90 Å². The Kier molecular flexibility index (Phi) is 3.94. The number of fused-ring (bicyclic) bond motifs is 1. The van der Waals surface area contributed by atoms with Crippen molar-refractivity contribution in [3.05, 3.63) is 89.3 Å². The molecule has 1 aromatic carbocycles. The molecule has 2 N–H and O–H groups in total. The van der Waals surface area contributed by atoms with Crippen LogP contribution in [0.4, 0.5) is 0 Å². The number of phenols is 1. The van der Waals surface area contributed by atoms with E-state index in [1.165, 1.54) is 0 Å². The van der Waals surface area contributed by atoms with E-state index in [0.717, 1.165) is 11.3 Å². The molecule has 7 nitrogen and oxygen atoms in total. The molecule has 0 radical (unpaired) electrons. The summed E-state index contributed by atoms with van der Waals surface area (Å²) < 4.78 is 5.92. The van der Waals surface area contributed by atoms with Crippen LogP contribution in [0.25, 0.3) is 11.3 Å². The van der Waals surface area contributed by atoms with Crippen molar-refractivity contribution in [3.8, 4) is 17.0 Å². The van der Waals surface area contributed by atoms with Crippen molar-refractivity contribution < 1.29 is 14.3 Å². The Morgan fingerprint density at radius 2 is 2.03 bits per heavy atom. The predicted molar refractivity (Wildman–Crippen MR) is 105 cm³/mol. The molecule has 4 aromatic rings. The van der Waals surface area contributed by atoms with Gasteiger partial charge in [-0.05, 0) is 42.8 Å². The van der Waals surface area contributed by atoms with Gasteiger partial charge in [-0.2, -0.15) is 5.10 Å². The van der Waals surface area contributed by atoms with E-state index in [4.69, 9.17) is 4.42 Å². The average Bonchev–Trinajstić information content (AvgIpc) is 3.41. The van der Waals surface area contributed by atoms with Crippen LogP contribution in [0.2, 0.25) is 0 Å². The zero-order chi connectivity index (χ0) is 20.0.